The van der Waals surface area contributed by atoms with E-state index in [4.69, 9.17) is 4.42 Å². The van der Waals surface area contributed by atoms with Crippen LogP contribution in [0.25, 0.3) is 11.0 Å². The lowest BCUT2D eigenvalue weighted by Crippen LogP contribution is -2.25. The Balaban J connectivity index is 1.82. The van der Waals surface area contributed by atoms with Gasteiger partial charge in [-0.05, 0) is 35.9 Å². The summed E-state index contributed by atoms with van der Waals surface area (Å²) < 4.78 is 6.57. The molecule has 4 nitrogen and oxygen atoms in total. The van der Waals surface area contributed by atoms with Crippen molar-refractivity contribution >= 4 is 32.8 Å². The van der Waals surface area contributed by atoms with Crippen LogP contribution in [0.5, 0.6) is 0 Å². The fraction of sp³-hybridized carbons (Fsp3) is 0.125. The fourth-order valence-corrected chi connectivity index (χ4v) is 2.52. The molecule has 2 aromatic heterocycles. The van der Waals surface area contributed by atoms with Gasteiger partial charge >= 0.3 is 0 Å². The summed E-state index contributed by atoms with van der Waals surface area (Å²) in [6.07, 6.45) is 3.46. The van der Waals surface area contributed by atoms with Crippen LogP contribution in [0.1, 0.15) is 16.1 Å². The molecule has 1 amide bonds. The lowest BCUT2D eigenvalue weighted by molar-refractivity contribution is 0.0756. The van der Waals surface area contributed by atoms with Crippen LogP contribution in [0.15, 0.2) is 57.7 Å². The summed E-state index contributed by atoms with van der Waals surface area (Å²) in [4.78, 5) is 18.1. The van der Waals surface area contributed by atoms with Crippen molar-refractivity contribution < 1.29 is 9.21 Å². The Kier molecular flexibility index (Phi) is 3.75. The van der Waals surface area contributed by atoms with Crippen molar-refractivity contribution in [1.82, 2.24) is 9.88 Å². The summed E-state index contributed by atoms with van der Waals surface area (Å²) >= 11 is 3.41. The summed E-state index contributed by atoms with van der Waals surface area (Å²) in [7, 11) is 1.75. The van der Waals surface area contributed by atoms with Gasteiger partial charge < -0.3 is 9.32 Å². The number of rotatable bonds is 3. The summed E-state index contributed by atoms with van der Waals surface area (Å²) in [6, 6.07) is 11.2. The lowest BCUT2D eigenvalue weighted by atomic mass is 10.2. The number of hydrogen-bond acceptors (Lipinski definition) is 3. The first-order chi connectivity index (χ1) is 10.1. The number of hydrogen-bond donors (Lipinski definition) is 0. The molecule has 0 N–H and O–H groups in total. The highest BCUT2D eigenvalue weighted by Gasteiger charge is 2.17. The Morgan fingerprint density at radius 1 is 1.33 bits per heavy atom. The second-order valence-corrected chi connectivity index (χ2v) is 5.73. The predicted molar refractivity (Wildman–Crippen MR) is 83.9 cm³/mol. The molecule has 0 aliphatic heterocycles. The number of halogens is 1. The van der Waals surface area contributed by atoms with Crippen LogP contribution in [0.3, 0.4) is 0 Å². The van der Waals surface area contributed by atoms with Crippen molar-refractivity contribution in [3.8, 4) is 0 Å². The number of fused-ring (bicyclic) bond motifs is 1. The molecule has 0 saturated heterocycles. The molecule has 0 bridgehead atoms. The number of carbonyl (C=O) groups is 1. The second-order valence-electron chi connectivity index (χ2n) is 4.82. The highest BCUT2D eigenvalue weighted by Crippen LogP contribution is 2.24. The van der Waals surface area contributed by atoms with Crippen LogP contribution in [0.4, 0.5) is 0 Å². The monoisotopic (exact) mass is 344 g/mol. The normalized spacial score (nSPS) is 10.8. The molecular weight excluding hydrogens is 332 g/mol. The van der Waals surface area contributed by atoms with Gasteiger partial charge in [0, 0.05) is 35.8 Å². The van der Waals surface area contributed by atoms with E-state index < -0.39 is 0 Å². The van der Waals surface area contributed by atoms with Crippen LogP contribution in [-0.2, 0) is 6.54 Å². The van der Waals surface area contributed by atoms with Crippen LogP contribution < -0.4 is 0 Å². The van der Waals surface area contributed by atoms with E-state index in [1.807, 2.05) is 30.3 Å². The van der Waals surface area contributed by atoms with Gasteiger partial charge in [0.05, 0.1) is 0 Å². The first-order valence-corrected chi connectivity index (χ1v) is 7.26. The van der Waals surface area contributed by atoms with E-state index >= 15 is 0 Å². The highest BCUT2D eigenvalue weighted by atomic mass is 79.9. The van der Waals surface area contributed by atoms with E-state index in [0.717, 1.165) is 15.4 Å². The molecule has 0 aliphatic rings. The number of nitrogens with zero attached hydrogens (tertiary/aromatic N) is 2. The fourth-order valence-electron chi connectivity index (χ4n) is 2.15. The van der Waals surface area contributed by atoms with Gasteiger partial charge in [0.25, 0.3) is 5.91 Å². The molecule has 1 aromatic carbocycles. The quantitative estimate of drug-likeness (QED) is 0.724. The molecule has 0 atom stereocenters. The molecule has 3 rings (SSSR count). The van der Waals surface area contributed by atoms with Crippen molar-refractivity contribution in [2.45, 2.75) is 6.54 Å². The van der Waals surface area contributed by atoms with Gasteiger partial charge in [-0.1, -0.05) is 22.0 Å². The zero-order valence-corrected chi connectivity index (χ0v) is 13.0. The van der Waals surface area contributed by atoms with Crippen molar-refractivity contribution in [2.75, 3.05) is 7.05 Å². The molecule has 0 radical (unpaired) electrons. The minimum atomic E-state index is -0.147. The third-order valence-electron chi connectivity index (χ3n) is 3.18. The Morgan fingerprint density at radius 3 is 2.95 bits per heavy atom. The maximum Gasteiger partial charge on any atom is 0.289 e. The van der Waals surface area contributed by atoms with Gasteiger partial charge in [0.2, 0.25) is 0 Å². The highest BCUT2D eigenvalue weighted by molar-refractivity contribution is 9.10. The molecule has 0 fully saturated rings. The van der Waals surface area contributed by atoms with Crippen molar-refractivity contribution in [3.63, 3.8) is 0 Å². The van der Waals surface area contributed by atoms with Gasteiger partial charge in [0.15, 0.2) is 5.76 Å². The average Bonchev–Trinajstić information content (AvgIpc) is 2.90. The minimum absolute atomic E-state index is 0.147. The molecule has 0 aliphatic carbocycles. The van der Waals surface area contributed by atoms with E-state index in [-0.39, 0.29) is 5.91 Å². The summed E-state index contributed by atoms with van der Waals surface area (Å²) in [6.45, 7) is 0.493. The average molecular weight is 345 g/mol. The third kappa shape index (κ3) is 2.97. The van der Waals surface area contributed by atoms with Gasteiger partial charge in [-0.3, -0.25) is 9.78 Å². The molecular formula is C16H13BrN2O2. The molecule has 2 heterocycles. The van der Waals surface area contributed by atoms with E-state index in [2.05, 4.69) is 20.9 Å². The number of benzene rings is 1. The minimum Gasteiger partial charge on any atom is -0.451 e. The van der Waals surface area contributed by atoms with Crippen molar-refractivity contribution in [1.29, 1.82) is 0 Å². The third-order valence-corrected chi connectivity index (χ3v) is 3.67. The number of aromatic nitrogens is 1. The SMILES string of the molecule is CN(Cc1cccnc1)C(=O)c1cc2cc(Br)ccc2o1. The Morgan fingerprint density at radius 2 is 2.19 bits per heavy atom. The Hall–Kier alpha value is -2.14. The molecule has 0 unspecified atom stereocenters. The predicted octanol–water partition coefficient (Wildman–Crippen LogP) is 3.86. The molecule has 0 spiro atoms. The lowest BCUT2D eigenvalue weighted by Gasteiger charge is -2.15. The standard InChI is InChI=1S/C16H13BrN2O2/c1-19(10-11-3-2-6-18-9-11)16(20)15-8-12-7-13(17)4-5-14(12)21-15/h2-9H,10H2,1H3. The molecule has 106 valence electrons. The van der Waals surface area contributed by atoms with Crippen LogP contribution >= 0.6 is 15.9 Å². The maximum atomic E-state index is 12.4. The van der Waals surface area contributed by atoms with Crippen LogP contribution in [0.2, 0.25) is 0 Å². The second kappa shape index (κ2) is 5.69. The molecule has 0 saturated carbocycles. The van der Waals surface area contributed by atoms with E-state index in [9.17, 15) is 4.79 Å². The molecule has 3 aromatic rings. The van der Waals surface area contributed by atoms with Gasteiger partial charge in [-0.25, -0.2) is 0 Å². The molecule has 5 heteroatoms. The summed E-state index contributed by atoms with van der Waals surface area (Å²) in [5, 5.41) is 0.905. The number of carbonyl (C=O) groups excluding carboxylic acids is 1. The number of furan rings is 1. The first kappa shape index (κ1) is 13.8. The van der Waals surface area contributed by atoms with E-state index in [0.29, 0.717) is 17.9 Å². The number of amides is 1. The van der Waals surface area contributed by atoms with Crippen LogP contribution in [-0.4, -0.2) is 22.8 Å². The summed E-state index contributed by atoms with van der Waals surface area (Å²) in [5.74, 6) is 0.195. The summed E-state index contributed by atoms with van der Waals surface area (Å²) in [5.41, 5.74) is 1.68. The Labute approximate surface area is 130 Å². The topological polar surface area (TPSA) is 46.3 Å². The largest absolute Gasteiger partial charge is 0.451 e. The molecule has 21 heavy (non-hydrogen) atoms. The van der Waals surface area contributed by atoms with Gasteiger partial charge in [-0.15, -0.1) is 0 Å². The van der Waals surface area contributed by atoms with E-state index in [1.54, 1.807) is 30.4 Å². The smallest absolute Gasteiger partial charge is 0.289 e. The van der Waals surface area contributed by atoms with Gasteiger partial charge in [-0.2, -0.15) is 0 Å². The zero-order chi connectivity index (χ0) is 14.8. The van der Waals surface area contributed by atoms with Crippen molar-refractivity contribution in [2.24, 2.45) is 0 Å². The van der Waals surface area contributed by atoms with E-state index in [1.165, 1.54) is 0 Å². The van der Waals surface area contributed by atoms with Crippen LogP contribution in [0, 0.1) is 0 Å². The zero-order valence-electron chi connectivity index (χ0n) is 11.4. The Bertz CT molecular complexity index is 783. The maximum absolute atomic E-state index is 12.4. The van der Waals surface area contributed by atoms with Gasteiger partial charge in [0.1, 0.15) is 5.58 Å². The first-order valence-electron chi connectivity index (χ1n) is 6.47. The van der Waals surface area contributed by atoms with Crippen molar-refractivity contribution in [3.05, 3.63) is 64.6 Å². The number of pyridine rings is 1.